The Hall–Kier alpha value is -3.66. The molecular weight excluding hydrogens is 360 g/mol. The zero-order chi connectivity index (χ0) is 20.5. The lowest BCUT2D eigenvalue weighted by atomic mass is 10.0. The summed E-state index contributed by atoms with van der Waals surface area (Å²) in [5.74, 6) is -0.614. The highest BCUT2D eigenvalue weighted by Gasteiger charge is 2.42. The predicted molar refractivity (Wildman–Crippen MR) is 117 cm³/mol. The van der Waals surface area contributed by atoms with Crippen LogP contribution < -0.4 is 9.80 Å². The molecule has 144 valence electrons. The summed E-state index contributed by atoms with van der Waals surface area (Å²) in [4.78, 5) is 30.2. The molecule has 0 saturated carbocycles. The largest absolute Gasteiger partial charge is 0.339 e. The van der Waals surface area contributed by atoms with Crippen molar-refractivity contribution in [2.24, 2.45) is 0 Å². The minimum Gasteiger partial charge on any atom is -0.339 e. The number of likely N-dealkylation sites (N-methyl/N-ethyl adjacent to an activating group) is 1. The second-order valence-electron chi connectivity index (χ2n) is 7.22. The molecule has 0 fully saturated rings. The van der Waals surface area contributed by atoms with Gasteiger partial charge in [0.25, 0.3) is 11.8 Å². The molecule has 0 N–H and O–H groups in total. The predicted octanol–water partition coefficient (Wildman–Crippen LogP) is 4.72. The molecule has 1 aliphatic rings. The molecule has 0 aromatic heterocycles. The van der Waals surface area contributed by atoms with Gasteiger partial charge in [0, 0.05) is 12.7 Å². The first-order chi connectivity index (χ1) is 14.0. The maximum atomic E-state index is 13.5. The van der Waals surface area contributed by atoms with Gasteiger partial charge >= 0.3 is 0 Å². The van der Waals surface area contributed by atoms with Crippen molar-refractivity contribution in [1.82, 2.24) is 0 Å². The molecule has 0 spiro atoms. The number of anilines is 2. The van der Waals surface area contributed by atoms with E-state index in [1.165, 1.54) is 4.90 Å². The average Bonchev–Trinajstić information content (AvgIpc) is 2.99. The fraction of sp³-hybridized carbons (Fsp3) is 0.120. The standard InChI is InChI=1S/C25H22N2O2/c1-17-13-15-19(16-14-17)22-23(26(3)20-10-5-4-6-11-20)25(29)27(24(22)28)21-12-8-7-9-18(21)2/h4-16H,1-3H3. The number of hydrogen-bond acceptors (Lipinski definition) is 3. The van der Waals surface area contributed by atoms with Crippen molar-refractivity contribution >= 4 is 28.8 Å². The average molecular weight is 382 g/mol. The molecule has 2 amide bonds. The minimum atomic E-state index is -0.314. The highest BCUT2D eigenvalue weighted by atomic mass is 16.2. The van der Waals surface area contributed by atoms with E-state index in [1.807, 2.05) is 99.8 Å². The van der Waals surface area contributed by atoms with Crippen LogP contribution in [-0.2, 0) is 9.59 Å². The Labute approximate surface area is 170 Å². The van der Waals surface area contributed by atoms with Crippen LogP contribution in [0, 0.1) is 13.8 Å². The van der Waals surface area contributed by atoms with Gasteiger partial charge in [0.15, 0.2) is 0 Å². The lowest BCUT2D eigenvalue weighted by Crippen LogP contribution is -2.34. The van der Waals surface area contributed by atoms with Crippen LogP contribution in [0.15, 0.2) is 84.6 Å². The summed E-state index contributed by atoms with van der Waals surface area (Å²) in [6, 6.07) is 24.8. The number of carbonyl (C=O) groups is 2. The number of nitrogens with zero attached hydrogens (tertiary/aromatic N) is 2. The number of carbonyl (C=O) groups excluding carboxylic acids is 2. The van der Waals surface area contributed by atoms with Crippen molar-refractivity contribution in [2.45, 2.75) is 13.8 Å². The van der Waals surface area contributed by atoms with Gasteiger partial charge in [-0.1, -0.05) is 66.2 Å². The SMILES string of the molecule is Cc1ccc(C2=C(N(C)c3ccccc3)C(=O)N(c3ccccc3C)C2=O)cc1. The third-order valence-corrected chi connectivity index (χ3v) is 5.23. The van der Waals surface area contributed by atoms with Gasteiger partial charge in [-0.3, -0.25) is 9.59 Å². The molecule has 4 nitrogen and oxygen atoms in total. The Morgan fingerprint density at radius 2 is 1.34 bits per heavy atom. The quantitative estimate of drug-likeness (QED) is 0.613. The van der Waals surface area contributed by atoms with Gasteiger partial charge in [-0.2, -0.15) is 0 Å². The molecule has 0 unspecified atom stereocenters. The number of para-hydroxylation sites is 2. The van der Waals surface area contributed by atoms with E-state index < -0.39 is 0 Å². The van der Waals surface area contributed by atoms with E-state index in [2.05, 4.69) is 0 Å². The Morgan fingerprint density at radius 1 is 0.724 bits per heavy atom. The topological polar surface area (TPSA) is 40.6 Å². The number of rotatable bonds is 4. The summed E-state index contributed by atoms with van der Waals surface area (Å²) in [5.41, 5.74) is 4.98. The molecule has 3 aromatic rings. The normalized spacial score (nSPS) is 14.0. The zero-order valence-electron chi connectivity index (χ0n) is 16.7. The summed E-state index contributed by atoms with van der Waals surface area (Å²) >= 11 is 0. The van der Waals surface area contributed by atoms with Crippen molar-refractivity contribution < 1.29 is 9.59 Å². The fourth-order valence-corrected chi connectivity index (χ4v) is 3.62. The second kappa shape index (κ2) is 7.40. The molecule has 1 aliphatic heterocycles. The van der Waals surface area contributed by atoms with E-state index in [9.17, 15) is 9.59 Å². The third kappa shape index (κ3) is 3.23. The Balaban J connectivity index is 1.90. The van der Waals surface area contributed by atoms with Crippen LogP contribution in [0.3, 0.4) is 0 Å². The zero-order valence-corrected chi connectivity index (χ0v) is 16.7. The van der Waals surface area contributed by atoms with Crippen LogP contribution in [0.1, 0.15) is 16.7 Å². The van der Waals surface area contributed by atoms with E-state index in [0.717, 1.165) is 22.4 Å². The first-order valence-electron chi connectivity index (χ1n) is 9.53. The summed E-state index contributed by atoms with van der Waals surface area (Å²) in [5, 5.41) is 0. The van der Waals surface area contributed by atoms with Gasteiger partial charge in [-0.25, -0.2) is 4.90 Å². The third-order valence-electron chi connectivity index (χ3n) is 5.23. The second-order valence-corrected chi connectivity index (χ2v) is 7.22. The summed E-state index contributed by atoms with van der Waals surface area (Å²) in [7, 11) is 1.82. The first kappa shape index (κ1) is 18.7. The summed E-state index contributed by atoms with van der Waals surface area (Å²) < 4.78 is 0. The van der Waals surface area contributed by atoms with Crippen LogP contribution >= 0.6 is 0 Å². The molecule has 0 bridgehead atoms. The first-order valence-corrected chi connectivity index (χ1v) is 9.53. The molecule has 0 atom stereocenters. The Kier molecular flexibility index (Phi) is 4.77. The van der Waals surface area contributed by atoms with Crippen molar-refractivity contribution in [1.29, 1.82) is 0 Å². The molecule has 4 rings (SSSR count). The minimum absolute atomic E-state index is 0.300. The lowest BCUT2D eigenvalue weighted by Gasteiger charge is -2.22. The smallest absolute Gasteiger partial charge is 0.282 e. The van der Waals surface area contributed by atoms with Gasteiger partial charge in [-0.15, -0.1) is 0 Å². The van der Waals surface area contributed by atoms with Crippen LogP contribution in [-0.4, -0.2) is 18.9 Å². The highest BCUT2D eigenvalue weighted by Crippen LogP contribution is 2.37. The van der Waals surface area contributed by atoms with Gasteiger partial charge in [0.2, 0.25) is 0 Å². The van der Waals surface area contributed by atoms with E-state index in [0.29, 0.717) is 17.0 Å². The van der Waals surface area contributed by atoms with Crippen LogP contribution in [0.4, 0.5) is 11.4 Å². The molecule has 0 radical (unpaired) electrons. The highest BCUT2D eigenvalue weighted by molar-refractivity contribution is 6.46. The van der Waals surface area contributed by atoms with E-state index in [-0.39, 0.29) is 11.8 Å². The fourth-order valence-electron chi connectivity index (χ4n) is 3.62. The monoisotopic (exact) mass is 382 g/mol. The number of amides is 2. The maximum absolute atomic E-state index is 13.5. The van der Waals surface area contributed by atoms with Gasteiger partial charge in [-0.05, 0) is 43.2 Å². The van der Waals surface area contributed by atoms with Crippen molar-refractivity contribution in [3.8, 4) is 0 Å². The molecule has 1 heterocycles. The van der Waals surface area contributed by atoms with Gasteiger partial charge < -0.3 is 4.90 Å². The molecule has 29 heavy (non-hydrogen) atoms. The number of aryl methyl sites for hydroxylation is 2. The lowest BCUT2D eigenvalue weighted by molar-refractivity contribution is -0.120. The van der Waals surface area contributed by atoms with E-state index in [1.54, 1.807) is 4.90 Å². The Bertz CT molecular complexity index is 1120. The molecule has 0 saturated heterocycles. The Morgan fingerprint density at radius 3 is 2.00 bits per heavy atom. The van der Waals surface area contributed by atoms with Crippen LogP contribution in [0.5, 0.6) is 0 Å². The van der Waals surface area contributed by atoms with Crippen LogP contribution in [0.25, 0.3) is 5.57 Å². The van der Waals surface area contributed by atoms with Gasteiger partial charge in [0.1, 0.15) is 5.70 Å². The molecular formula is C25H22N2O2. The van der Waals surface area contributed by atoms with Crippen molar-refractivity contribution in [2.75, 3.05) is 16.8 Å². The van der Waals surface area contributed by atoms with Gasteiger partial charge in [0.05, 0.1) is 11.3 Å². The van der Waals surface area contributed by atoms with Crippen LogP contribution in [0.2, 0.25) is 0 Å². The van der Waals surface area contributed by atoms with Crippen molar-refractivity contribution in [3.05, 3.63) is 101 Å². The maximum Gasteiger partial charge on any atom is 0.282 e. The number of imide groups is 1. The van der Waals surface area contributed by atoms with E-state index >= 15 is 0 Å². The summed E-state index contributed by atoms with van der Waals surface area (Å²) in [6.45, 7) is 3.90. The number of benzene rings is 3. The number of hydrogen-bond donors (Lipinski definition) is 0. The molecule has 0 aliphatic carbocycles. The summed E-state index contributed by atoms with van der Waals surface area (Å²) in [6.07, 6.45) is 0. The van der Waals surface area contributed by atoms with E-state index in [4.69, 9.17) is 0 Å². The molecule has 4 heteroatoms. The van der Waals surface area contributed by atoms with Crippen molar-refractivity contribution in [3.63, 3.8) is 0 Å². The molecule has 3 aromatic carbocycles.